The van der Waals surface area contributed by atoms with Gasteiger partial charge in [-0.05, 0) is 62.8 Å². The van der Waals surface area contributed by atoms with Gasteiger partial charge in [-0.15, -0.1) is 5.10 Å². The van der Waals surface area contributed by atoms with Crippen molar-refractivity contribution in [3.05, 3.63) is 78.3 Å². The topological polar surface area (TPSA) is 55.1 Å². The average Bonchev–Trinajstić information content (AvgIpc) is 3.08. The summed E-state index contributed by atoms with van der Waals surface area (Å²) in [6.07, 6.45) is 6.52. The van der Waals surface area contributed by atoms with Gasteiger partial charge in [-0.1, -0.05) is 6.58 Å². The van der Waals surface area contributed by atoms with Crippen LogP contribution in [0.5, 0.6) is 0 Å². The Hall–Kier alpha value is -3.28. The normalized spacial score (nSPS) is 11.1. The fourth-order valence-electron chi connectivity index (χ4n) is 2.34. The van der Waals surface area contributed by atoms with E-state index in [1.807, 2.05) is 37.4 Å². The Bertz CT molecular complexity index is 1030. The van der Waals surface area contributed by atoms with Gasteiger partial charge in [0, 0.05) is 29.3 Å². The van der Waals surface area contributed by atoms with Gasteiger partial charge in [0.1, 0.15) is 11.3 Å². The van der Waals surface area contributed by atoms with Crippen molar-refractivity contribution >= 4 is 22.6 Å². The predicted molar refractivity (Wildman–Crippen MR) is 103 cm³/mol. The van der Waals surface area contributed by atoms with Crippen LogP contribution in [-0.4, -0.2) is 19.6 Å². The second-order valence-corrected chi connectivity index (χ2v) is 6.14. The second-order valence-electron chi connectivity index (χ2n) is 6.14. The lowest BCUT2D eigenvalue weighted by Crippen LogP contribution is -2.05. The number of halogens is 1. The first-order valence-corrected chi connectivity index (χ1v) is 8.19. The van der Waals surface area contributed by atoms with Crippen LogP contribution >= 0.6 is 0 Å². The number of anilines is 2. The first kappa shape index (κ1) is 17.5. The largest absolute Gasteiger partial charge is 0.338 e. The summed E-state index contributed by atoms with van der Waals surface area (Å²) in [6, 6.07) is 7.60. The predicted octanol–water partition coefficient (Wildman–Crippen LogP) is 5.01. The third kappa shape index (κ3) is 3.85. The van der Waals surface area contributed by atoms with Crippen LogP contribution in [0.1, 0.15) is 25.4 Å². The monoisotopic (exact) mass is 349 g/mol. The summed E-state index contributed by atoms with van der Waals surface area (Å²) in [5, 5.41) is 7.73. The molecule has 1 N–H and O–H groups in total. The summed E-state index contributed by atoms with van der Waals surface area (Å²) >= 11 is 0. The summed E-state index contributed by atoms with van der Waals surface area (Å²) in [7, 11) is 0. The van der Waals surface area contributed by atoms with Crippen molar-refractivity contribution in [1.29, 1.82) is 0 Å². The van der Waals surface area contributed by atoms with Crippen molar-refractivity contribution in [3.63, 3.8) is 0 Å². The first-order chi connectivity index (χ1) is 12.4. The number of fused-ring (bicyclic) bond motifs is 1. The molecule has 0 spiro atoms. The van der Waals surface area contributed by atoms with Crippen LogP contribution in [0.15, 0.2) is 66.8 Å². The van der Waals surface area contributed by atoms with E-state index in [-0.39, 0.29) is 5.83 Å². The van der Waals surface area contributed by atoms with Crippen molar-refractivity contribution in [2.24, 2.45) is 0 Å². The van der Waals surface area contributed by atoms with Crippen LogP contribution in [0.2, 0.25) is 0 Å². The minimum atomic E-state index is -0.293. The molecule has 0 amide bonds. The molecule has 0 aliphatic heterocycles. The molecule has 0 unspecified atom stereocenters. The highest BCUT2D eigenvalue weighted by Crippen LogP contribution is 2.22. The molecular formula is C20H20FN5. The van der Waals surface area contributed by atoms with Gasteiger partial charge in [0.15, 0.2) is 11.6 Å². The van der Waals surface area contributed by atoms with Crippen molar-refractivity contribution in [2.75, 3.05) is 5.32 Å². The Balaban J connectivity index is 1.98. The quantitative estimate of drug-likeness (QED) is 0.658. The zero-order chi connectivity index (χ0) is 18.7. The molecule has 5 nitrogen and oxygen atoms in total. The molecule has 0 aliphatic rings. The van der Waals surface area contributed by atoms with Gasteiger partial charge < -0.3 is 5.32 Å². The van der Waals surface area contributed by atoms with E-state index >= 15 is 0 Å². The number of nitrogens with one attached hydrogen (secondary N) is 1. The van der Waals surface area contributed by atoms with Gasteiger partial charge in [-0.25, -0.2) is 13.9 Å². The lowest BCUT2D eigenvalue weighted by Gasteiger charge is -2.10. The van der Waals surface area contributed by atoms with Crippen molar-refractivity contribution in [3.8, 4) is 0 Å². The minimum Gasteiger partial charge on any atom is -0.338 e. The van der Waals surface area contributed by atoms with Crippen LogP contribution in [0.3, 0.4) is 0 Å². The van der Waals surface area contributed by atoms with E-state index in [0.29, 0.717) is 22.8 Å². The fourth-order valence-corrected chi connectivity index (χ4v) is 2.34. The molecule has 6 heteroatoms. The van der Waals surface area contributed by atoms with Gasteiger partial charge in [0.05, 0.1) is 0 Å². The highest BCUT2D eigenvalue weighted by molar-refractivity contribution is 5.76. The third-order valence-corrected chi connectivity index (χ3v) is 3.75. The molecule has 0 aromatic carbocycles. The van der Waals surface area contributed by atoms with Gasteiger partial charge in [0.25, 0.3) is 0 Å². The molecule has 3 heterocycles. The Morgan fingerprint density at radius 3 is 2.81 bits per heavy atom. The number of pyridine rings is 1. The first-order valence-electron chi connectivity index (χ1n) is 8.19. The van der Waals surface area contributed by atoms with E-state index in [9.17, 15) is 4.39 Å². The van der Waals surface area contributed by atoms with E-state index in [1.54, 1.807) is 30.6 Å². The van der Waals surface area contributed by atoms with Gasteiger partial charge in [-0.3, -0.25) is 4.98 Å². The summed E-state index contributed by atoms with van der Waals surface area (Å²) in [4.78, 5) is 8.76. The molecule has 26 heavy (non-hydrogen) atoms. The summed E-state index contributed by atoms with van der Waals surface area (Å²) in [5.74, 6) is 0.765. The number of allylic oxidation sites excluding steroid dienone is 5. The number of hydrogen-bond donors (Lipinski definition) is 1. The van der Waals surface area contributed by atoms with E-state index in [4.69, 9.17) is 0 Å². The molecule has 0 radical (unpaired) electrons. The lowest BCUT2D eigenvalue weighted by molar-refractivity contribution is 0.654. The van der Waals surface area contributed by atoms with E-state index in [2.05, 4.69) is 27.0 Å². The summed E-state index contributed by atoms with van der Waals surface area (Å²) in [5.41, 5.74) is 3.73. The Labute approximate surface area is 151 Å². The summed E-state index contributed by atoms with van der Waals surface area (Å²) in [6.45, 7) is 9.31. The molecule has 0 bridgehead atoms. The molecule has 3 aromatic heterocycles. The maximum atomic E-state index is 13.7. The Morgan fingerprint density at radius 2 is 2.08 bits per heavy atom. The van der Waals surface area contributed by atoms with Crippen LogP contribution in [0.25, 0.3) is 11.1 Å². The second kappa shape index (κ2) is 7.31. The molecule has 132 valence electrons. The Kier molecular flexibility index (Phi) is 4.93. The lowest BCUT2D eigenvalue weighted by atomic mass is 10.2. The SMILES string of the molecule is C=C(/C=C\C(F)=C(C)C)c1nc(Nc2ccnc(C)c2)c2cccn2n1. The van der Waals surface area contributed by atoms with Crippen molar-refractivity contribution in [2.45, 2.75) is 20.8 Å². The van der Waals surface area contributed by atoms with Crippen molar-refractivity contribution in [1.82, 2.24) is 19.6 Å². The number of aromatic nitrogens is 4. The molecule has 3 aromatic rings. The minimum absolute atomic E-state index is 0.293. The highest BCUT2D eigenvalue weighted by Gasteiger charge is 2.10. The van der Waals surface area contributed by atoms with Gasteiger partial charge in [-0.2, -0.15) is 0 Å². The number of aryl methyl sites for hydroxylation is 1. The summed E-state index contributed by atoms with van der Waals surface area (Å²) < 4.78 is 15.4. The number of nitrogens with zero attached hydrogens (tertiary/aromatic N) is 4. The fraction of sp³-hybridized carbons (Fsp3) is 0.150. The zero-order valence-electron chi connectivity index (χ0n) is 15.0. The molecular weight excluding hydrogens is 329 g/mol. The molecule has 0 aliphatic carbocycles. The third-order valence-electron chi connectivity index (χ3n) is 3.75. The van der Waals surface area contributed by atoms with Crippen molar-refractivity contribution < 1.29 is 4.39 Å². The molecule has 0 atom stereocenters. The standard InChI is InChI=1S/C20H20FN5/c1-13(2)17(21)8-7-14(3)19-24-20(18-6-5-11-26(18)25-19)23-16-9-10-22-15(4)12-16/h5-12H,3H2,1-2,4H3,(H,22,23,24,25)/b8-7-. The number of hydrogen-bond acceptors (Lipinski definition) is 4. The van der Waals surface area contributed by atoms with E-state index < -0.39 is 0 Å². The van der Waals surface area contributed by atoms with Gasteiger partial charge in [0.2, 0.25) is 0 Å². The zero-order valence-corrected chi connectivity index (χ0v) is 15.0. The van der Waals surface area contributed by atoms with Crippen LogP contribution < -0.4 is 5.32 Å². The van der Waals surface area contributed by atoms with Gasteiger partial charge >= 0.3 is 0 Å². The van der Waals surface area contributed by atoms with Crippen LogP contribution in [0, 0.1) is 6.92 Å². The molecule has 3 rings (SSSR count). The molecule has 0 saturated heterocycles. The molecule has 0 saturated carbocycles. The average molecular weight is 349 g/mol. The maximum Gasteiger partial charge on any atom is 0.181 e. The smallest absolute Gasteiger partial charge is 0.181 e. The van der Waals surface area contributed by atoms with E-state index in [1.165, 1.54) is 6.08 Å². The highest BCUT2D eigenvalue weighted by atomic mass is 19.1. The van der Waals surface area contributed by atoms with E-state index in [0.717, 1.165) is 16.9 Å². The van der Waals surface area contributed by atoms with Crippen LogP contribution in [-0.2, 0) is 0 Å². The van der Waals surface area contributed by atoms with Crippen LogP contribution in [0.4, 0.5) is 15.9 Å². The maximum absolute atomic E-state index is 13.7. The Morgan fingerprint density at radius 1 is 1.27 bits per heavy atom. The molecule has 0 fully saturated rings. The number of rotatable bonds is 5.